The largest absolute Gasteiger partial charge is 0.350 e. The normalized spacial score (nSPS) is 13.2. The van der Waals surface area contributed by atoms with Gasteiger partial charge in [0.15, 0.2) is 0 Å². The highest BCUT2D eigenvalue weighted by Gasteiger charge is 2.30. The topological polar surface area (TPSA) is 89.2 Å². The van der Waals surface area contributed by atoms with E-state index in [9.17, 15) is 23.2 Å². The number of halogens is 2. The van der Waals surface area contributed by atoms with Crippen LogP contribution in [-0.4, -0.2) is 37.6 Å². The van der Waals surface area contributed by atoms with E-state index in [4.69, 9.17) is 0 Å². The average molecular weight is 427 g/mol. The summed E-state index contributed by atoms with van der Waals surface area (Å²) < 4.78 is 29.7. The highest BCUT2D eigenvalue weighted by atomic mass is 19.1. The lowest BCUT2D eigenvalue weighted by molar-refractivity contribution is -0.122. The molecule has 160 valence electrons. The van der Waals surface area contributed by atoms with E-state index in [0.29, 0.717) is 11.1 Å². The Balaban J connectivity index is 1.45. The molecule has 10 heteroatoms. The summed E-state index contributed by atoms with van der Waals surface area (Å²) >= 11 is 0. The lowest BCUT2D eigenvalue weighted by atomic mass is 10.2. The summed E-state index contributed by atoms with van der Waals surface area (Å²) in [5.41, 5.74) is 0.0832. The third-order valence-corrected chi connectivity index (χ3v) is 5.04. The number of hydrogen-bond donors (Lipinski definition) is 1. The Morgan fingerprint density at radius 1 is 0.968 bits per heavy atom. The monoisotopic (exact) mass is 427 g/mol. The summed E-state index contributed by atoms with van der Waals surface area (Å²) in [7, 11) is 0. The Morgan fingerprint density at radius 2 is 1.61 bits per heavy atom. The van der Waals surface area contributed by atoms with Gasteiger partial charge in [-0.15, -0.1) is 5.10 Å². The minimum atomic E-state index is -0.588. The van der Waals surface area contributed by atoms with Crippen LogP contribution in [0.5, 0.6) is 0 Å². The summed E-state index contributed by atoms with van der Waals surface area (Å²) in [6.07, 6.45) is 0. The average Bonchev–Trinajstić information content (AvgIpc) is 3.07. The molecule has 31 heavy (non-hydrogen) atoms. The van der Waals surface area contributed by atoms with Crippen molar-refractivity contribution in [2.75, 3.05) is 6.54 Å². The minimum Gasteiger partial charge on any atom is -0.350 e. The van der Waals surface area contributed by atoms with Gasteiger partial charge in [-0.1, -0.05) is 36.4 Å². The molecule has 3 aromatic rings. The number of nitrogens with zero attached hydrogens (tertiary/aromatic N) is 4. The fourth-order valence-electron chi connectivity index (χ4n) is 3.38. The summed E-state index contributed by atoms with van der Waals surface area (Å²) in [5, 5.41) is 6.54. The highest BCUT2D eigenvalue weighted by molar-refractivity contribution is 5.91. The van der Waals surface area contributed by atoms with Crippen LogP contribution in [0.15, 0.2) is 53.3 Å². The van der Waals surface area contributed by atoms with Gasteiger partial charge < -0.3 is 10.2 Å². The van der Waals surface area contributed by atoms with E-state index in [1.54, 1.807) is 36.4 Å². The van der Waals surface area contributed by atoms with Gasteiger partial charge in [0, 0.05) is 37.3 Å². The molecule has 8 nitrogen and oxygen atoms in total. The van der Waals surface area contributed by atoms with Gasteiger partial charge >= 0.3 is 5.69 Å². The Bertz CT molecular complexity index is 1200. The molecule has 0 fully saturated rings. The number of amides is 2. The first-order valence-corrected chi connectivity index (χ1v) is 9.64. The van der Waals surface area contributed by atoms with Crippen LogP contribution in [0.25, 0.3) is 0 Å². The van der Waals surface area contributed by atoms with E-state index >= 15 is 0 Å². The third kappa shape index (κ3) is 4.23. The zero-order chi connectivity index (χ0) is 22.0. The summed E-state index contributed by atoms with van der Waals surface area (Å²) in [5.74, 6) is -2.03. The zero-order valence-electron chi connectivity index (χ0n) is 16.4. The Kier molecular flexibility index (Phi) is 5.61. The van der Waals surface area contributed by atoms with Crippen molar-refractivity contribution in [2.45, 2.75) is 26.2 Å². The van der Waals surface area contributed by atoms with Crippen LogP contribution in [-0.2, 0) is 31.0 Å². The van der Waals surface area contributed by atoms with Crippen molar-refractivity contribution in [1.82, 2.24) is 24.6 Å². The van der Waals surface area contributed by atoms with Crippen molar-refractivity contribution < 1.29 is 18.4 Å². The lowest BCUT2D eigenvalue weighted by Crippen LogP contribution is -2.42. The van der Waals surface area contributed by atoms with E-state index in [1.165, 1.54) is 21.6 Å². The number of rotatable bonds is 6. The number of nitrogens with one attached hydrogen (secondary N) is 1. The molecular formula is C21H19F2N5O3. The Labute approximate surface area is 175 Å². The Hall–Kier alpha value is -3.82. The molecule has 0 bridgehead atoms. The molecule has 2 amide bonds. The predicted octanol–water partition coefficient (Wildman–Crippen LogP) is 1.30. The molecule has 0 radical (unpaired) electrons. The molecule has 2 aromatic carbocycles. The predicted molar refractivity (Wildman–Crippen MR) is 106 cm³/mol. The van der Waals surface area contributed by atoms with Crippen LogP contribution in [0.2, 0.25) is 0 Å². The van der Waals surface area contributed by atoms with E-state index in [2.05, 4.69) is 10.4 Å². The minimum absolute atomic E-state index is 0.0385. The SMILES string of the molecule is O=C(Cn1nc2n(c1=O)CCN(Cc1ccccc1F)C2=O)NCc1ccccc1F. The van der Waals surface area contributed by atoms with Crippen molar-refractivity contribution in [3.05, 3.63) is 87.6 Å². The van der Waals surface area contributed by atoms with Crippen LogP contribution in [0.1, 0.15) is 21.7 Å². The number of carbonyl (C=O) groups excluding carboxylic acids is 2. The second kappa shape index (κ2) is 8.50. The third-order valence-electron chi connectivity index (χ3n) is 5.04. The van der Waals surface area contributed by atoms with Crippen molar-refractivity contribution in [3.63, 3.8) is 0 Å². The molecule has 1 N–H and O–H groups in total. The quantitative estimate of drug-likeness (QED) is 0.642. The van der Waals surface area contributed by atoms with Crippen LogP contribution in [0.3, 0.4) is 0 Å². The summed E-state index contributed by atoms with van der Waals surface area (Å²) in [6.45, 7) is 0.00316. The fourth-order valence-corrected chi connectivity index (χ4v) is 3.38. The second-order valence-corrected chi connectivity index (χ2v) is 7.10. The van der Waals surface area contributed by atoms with Crippen molar-refractivity contribution in [3.8, 4) is 0 Å². The summed E-state index contributed by atoms with van der Waals surface area (Å²) in [6, 6.07) is 12.2. The number of benzene rings is 2. The molecule has 1 aliphatic heterocycles. The maximum atomic E-state index is 13.9. The van der Waals surface area contributed by atoms with Gasteiger partial charge in [-0.05, 0) is 12.1 Å². The zero-order valence-corrected chi connectivity index (χ0v) is 16.4. The molecule has 1 aliphatic rings. The van der Waals surface area contributed by atoms with Crippen molar-refractivity contribution in [1.29, 1.82) is 0 Å². The second-order valence-electron chi connectivity index (χ2n) is 7.10. The molecule has 0 aliphatic carbocycles. The van der Waals surface area contributed by atoms with Gasteiger partial charge in [-0.3, -0.25) is 14.2 Å². The molecular weight excluding hydrogens is 408 g/mol. The van der Waals surface area contributed by atoms with Crippen molar-refractivity contribution in [2.24, 2.45) is 0 Å². The Morgan fingerprint density at radius 3 is 2.29 bits per heavy atom. The van der Waals surface area contributed by atoms with E-state index in [-0.39, 0.29) is 32.0 Å². The summed E-state index contributed by atoms with van der Waals surface area (Å²) in [4.78, 5) is 38.9. The molecule has 0 atom stereocenters. The molecule has 2 heterocycles. The number of carbonyl (C=O) groups is 2. The van der Waals surface area contributed by atoms with Gasteiger partial charge in [0.25, 0.3) is 5.91 Å². The van der Waals surface area contributed by atoms with Gasteiger partial charge in [-0.25, -0.2) is 18.3 Å². The number of fused-ring (bicyclic) bond motifs is 1. The molecule has 0 saturated carbocycles. The molecule has 0 unspecified atom stereocenters. The van der Waals surface area contributed by atoms with Crippen LogP contribution in [0.4, 0.5) is 8.78 Å². The number of aromatic nitrogens is 3. The first-order chi connectivity index (χ1) is 14.9. The first-order valence-electron chi connectivity index (χ1n) is 9.64. The van der Waals surface area contributed by atoms with E-state index in [0.717, 1.165) is 4.68 Å². The highest BCUT2D eigenvalue weighted by Crippen LogP contribution is 2.15. The van der Waals surface area contributed by atoms with Crippen molar-refractivity contribution >= 4 is 11.8 Å². The van der Waals surface area contributed by atoms with Gasteiger partial charge in [0.05, 0.1) is 0 Å². The molecule has 1 aromatic heterocycles. The molecule has 0 spiro atoms. The smallest absolute Gasteiger partial charge is 0.346 e. The molecule has 0 saturated heterocycles. The van der Waals surface area contributed by atoms with E-state index < -0.39 is 35.7 Å². The van der Waals surface area contributed by atoms with E-state index in [1.807, 2.05) is 0 Å². The van der Waals surface area contributed by atoms with Crippen LogP contribution >= 0.6 is 0 Å². The first kappa shape index (κ1) is 20.5. The van der Waals surface area contributed by atoms with Gasteiger partial charge in [0.2, 0.25) is 11.7 Å². The number of hydrogen-bond acceptors (Lipinski definition) is 4. The van der Waals surface area contributed by atoms with Gasteiger partial charge in [0.1, 0.15) is 18.2 Å². The maximum Gasteiger partial charge on any atom is 0.346 e. The maximum absolute atomic E-state index is 13.9. The lowest BCUT2D eigenvalue weighted by Gasteiger charge is -2.26. The van der Waals surface area contributed by atoms with Gasteiger partial charge in [-0.2, -0.15) is 0 Å². The standard InChI is InChI=1S/C21H19F2N5O3/c22-16-7-3-1-5-14(16)11-24-18(29)13-28-21(31)27-10-9-26(20(30)19(27)25-28)12-15-6-2-4-8-17(15)23/h1-8H,9-13H2,(H,24,29). The fraction of sp³-hybridized carbons (Fsp3) is 0.238. The molecule has 4 rings (SSSR count). The van der Waals surface area contributed by atoms with Crippen LogP contribution < -0.4 is 11.0 Å². The van der Waals surface area contributed by atoms with Crippen LogP contribution in [0, 0.1) is 11.6 Å².